The fraction of sp³-hybridized carbons (Fsp3) is 0.150. The summed E-state index contributed by atoms with van der Waals surface area (Å²) < 4.78 is 0. The minimum atomic E-state index is -0.961. The Kier molecular flexibility index (Phi) is 3.78. The summed E-state index contributed by atoms with van der Waals surface area (Å²) in [6.07, 6.45) is 0. The van der Waals surface area contributed by atoms with Crippen molar-refractivity contribution in [2.24, 2.45) is 0 Å². The monoisotopic (exact) mass is 316 g/mol. The van der Waals surface area contributed by atoms with E-state index in [-0.39, 0.29) is 5.56 Å². The van der Waals surface area contributed by atoms with Crippen LogP contribution in [0.2, 0.25) is 0 Å². The first-order valence-electron chi connectivity index (χ1n) is 7.57. The predicted molar refractivity (Wildman–Crippen MR) is 93.1 cm³/mol. The number of hydrogen-bond donors (Lipinski definition) is 1. The number of aryl methyl sites for hydroxylation is 2. The van der Waals surface area contributed by atoms with Gasteiger partial charge < -0.3 is 5.11 Å². The molecular weight excluding hydrogens is 300 g/mol. The first-order valence-corrected chi connectivity index (χ1v) is 7.57. The van der Waals surface area contributed by atoms with Crippen LogP contribution in [-0.4, -0.2) is 16.1 Å². The highest BCUT2D eigenvalue weighted by atomic mass is 16.4. The third-order valence-electron chi connectivity index (χ3n) is 4.34. The molecule has 0 radical (unpaired) electrons. The van der Waals surface area contributed by atoms with Gasteiger partial charge in [0, 0.05) is 11.1 Å². The number of carbonyl (C=O) groups is 1. The summed E-state index contributed by atoms with van der Waals surface area (Å²) in [5.41, 5.74) is 6.47. The van der Waals surface area contributed by atoms with E-state index in [0.29, 0.717) is 5.56 Å². The minimum Gasteiger partial charge on any atom is -0.478 e. The molecule has 3 rings (SSSR count). The van der Waals surface area contributed by atoms with Gasteiger partial charge in [-0.1, -0.05) is 6.07 Å². The van der Waals surface area contributed by atoms with E-state index in [1.54, 1.807) is 24.3 Å². The predicted octanol–water partition coefficient (Wildman–Crippen LogP) is 4.40. The summed E-state index contributed by atoms with van der Waals surface area (Å²) in [7, 11) is 0. The fourth-order valence-corrected chi connectivity index (χ4v) is 2.98. The van der Waals surface area contributed by atoms with E-state index in [4.69, 9.17) is 5.26 Å². The van der Waals surface area contributed by atoms with E-state index < -0.39 is 5.97 Å². The van der Waals surface area contributed by atoms with Gasteiger partial charge in [-0.15, -0.1) is 0 Å². The van der Waals surface area contributed by atoms with E-state index in [9.17, 15) is 9.90 Å². The number of benzene rings is 2. The molecule has 0 fully saturated rings. The largest absolute Gasteiger partial charge is 0.478 e. The average Bonchev–Trinajstić information content (AvgIpc) is 2.56. The van der Waals surface area contributed by atoms with E-state index >= 15 is 0 Å². The number of aromatic nitrogens is 1. The quantitative estimate of drug-likeness (QED) is 0.760. The number of carboxylic acid groups (broad SMARTS) is 1. The molecule has 0 aliphatic rings. The summed E-state index contributed by atoms with van der Waals surface area (Å²) in [4.78, 5) is 15.9. The van der Waals surface area contributed by atoms with Crippen molar-refractivity contribution in [2.45, 2.75) is 20.8 Å². The second-order valence-electron chi connectivity index (χ2n) is 5.88. The molecule has 2 aromatic carbocycles. The van der Waals surface area contributed by atoms with Gasteiger partial charge in [0.1, 0.15) is 0 Å². The molecule has 3 aromatic rings. The normalized spacial score (nSPS) is 10.6. The highest BCUT2D eigenvalue weighted by molar-refractivity contribution is 6.01. The lowest BCUT2D eigenvalue weighted by atomic mass is 9.91. The van der Waals surface area contributed by atoms with Crippen LogP contribution < -0.4 is 0 Å². The van der Waals surface area contributed by atoms with Crippen molar-refractivity contribution >= 4 is 16.9 Å². The molecule has 1 heterocycles. The van der Waals surface area contributed by atoms with Gasteiger partial charge in [0.25, 0.3) is 0 Å². The van der Waals surface area contributed by atoms with Gasteiger partial charge in [-0.05, 0) is 73.4 Å². The van der Waals surface area contributed by atoms with Gasteiger partial charge in [-0.2, -0.15) is 5.26 Å². The maximum atomic E-state index is 11.3. The number of carboxylic acids is 1. The molecule has 0 unspecified atom stereocenters. The maximum Gasteiger partial charge on any atom is 0.335 e. The summed E-state index contributed by atoms with van der Waals surface area (Å²) in [6.45, 7) is 5.89. The topological polar surface area (TPSA) is 74.0 Å². The first kappa shape index (κ1) is 15.7. The standard InChI is InChI=1S/C20H16N2O2/c1-11-8-14(10-21)4-6-16(11)19-12(2)13(3)22-18-7-5-15(20(23)24)9-17(18)19/h4-9H,1-3H3,(H,23,24). The van der Waals surface area contributed by atoms with Crippen LogP contribution in [0.1, 0.15) is 32.7 Å². The van der Waals surface area contributed by atoms with Gasteiger partial charge in [0.05, 0.1) is 22.7 Å². The molecule has 0 aliphatic carbocycles. The summed E-state index contributed by atoms with van der Waals surface area (Å²) >= 11 is 0. The van der Waals surface area contributed by atoms with Crippen molar-refractivity contribution in [1.29, 1.82) is 5.26 Å². The Labute approximate surface area is 140 Å². The molecule has 1 aromatic heterocycles. The lowest BCUT2D eigenvalue weighted by Gasteiger charge is -2.15. The number of nitriles is 1. The molecule has 1 N–H and O–H groups in total. The molecular formula is C20H16N2O2. The molecule has 0 saturated carbocycles. The second kappa shape index (κ2) is 5.78. The number of pyridine rings is 1. The lowest BCUT2D eigenvalue weighted by molar-refractivity contribution is 0.0697. The third kappa shape index (κ3) is 2.50. The number of rotatable bonds is 2. The van der Waals surface area contributed by atoms with E-state index in [1.807, 2.05) is 32.9 Å². The number of fused-ring (bicyclic) bond motifs is 1. The van der Waals surface area contributed by atoms with E-state index in [2.05, 4.69) is 11.1 Å². The van der Waals surface area contributed by atoms with Gasteiger partial charge >= 0.3 is 5.97 Å². The average molecular weight is 316 g/mol. The molecule has 4 heteroatoms. The first-order chi connectivity index (χ1) is 11.4. The molecule has 0 saturated heterocycles. The molecule has 4 nitrogen and oxygen atoms in total. The van der Waals surface area contributed by atoms with Crippen LogP contribution in [0.5, 0.6) is 0 Å². The molecule has 0 spiro atoms. The van der Waals surface area contributed by atoms with Crippen molar-refractivity contribution < 1.29 is 9.90 Å². The Morgan fingerprint density at radius 1 is 1.12 bits per heavy atom. The summed E-state index contributed by atoms with van der Waals surface area (Å²) in [5.74, 6) is -0.961. The molecule has 0 aliphatic heterocycles. The number of hydrogen-bond acceptors (Lipinski definition) is 3. The van der Waals surface area contributed by atoms with Crippen molar-refractivity contribution in [3.05, 3.63) is 64.3 Å². The Morgan fingerprint density at radius 3 is 2.50 bits per heavy atom. The van der Waals surface area contributed by atoms with Crippen LogP contribution in [0.4, 0.5) is 0 Å². The Balaban J connectivity index is 2.41. The fourth-order valence-electron chi connectivity index (χ4n) is 2.98. The Hall–Kier alpha value is -3.19. The van der Waals surface area contributed by atoms with Crippen molar-refractivity contribution in [2.75, 3.05) is 0 Å². The summed E-state index contributed by atoms with van der Waals surface area (Å²) in [6, 6.07) is 12.7. The van der Waals surface area contributed by atoms with Crippen molar-refractivity contribution in [1.82, 2.24) is 4.98 Å². The summed E-state index contributed by atoms with van der Waals surface area (Å²) in [5, 5.41) is 19.2. The van der Waals surface area contributed by atoms with Gasteiger partial charge in [-0.25, -0.2) is 4.79 Å². The Bertz CT molecular complexity index is 1030. The van der Waals surface area contributed by atoms with Gasteiger partial charge in [0.15, 0.2) is 0 Å². The van der Waals surface area contributed by atoms with Crippen molar-refractivity contribution in [3.63, 3.8) is 0 Å². The van der Waals surface area contributed by atoms with Crippen LogP contribution in [0.25, 0.3) is 22.0 Å². The molecule has 118 valence electrons. The zero-order valence-corrected chi connectivity index (χ0v) is 13.7. The lowest BCUT2D eigenvalue weighted by Crippen LogP contribution is -2.00. The van der Waals surface area contributed by atoms with Gasteiger partial charge in [-0.3, -0.25) is 4.98 Å². The van der Waals surface area contributed by atoms with E-state index in [0.717, 1.165) is 38.9 Å². The van der Waals surface area contributed by atoms with Gasteiger partial charge in [0.2, 0.25) is 0 Å². The highest BCUT2D eigenvalue weighted by Crippen LogP contribution is 2.35. The third-order valence-corrected chi connectivity index (χ3v) is 4.34. The number of nitrogens with zero attached hydrogens (tertiary/aromatic N) is 2. The maximum absolute atomic E-state index is 11.3. The molecule has 24 heavy (non-hydrogen) atoms. The smallest absolute Gasteiger partial charge is 0.335 e. The SMILES string of the molecule is Cc1cc(C#N)ccc1-c1c(C)c(C)nc2ccc(C(=O)O)cc12. The molecule has 0 bridgehead atoms. The van der Waals surface area contributed by atoms with Crippen molar-refractivity contribution in [3.8, 4) is 17.2 Å². The zero-order valence-electron chi connectivity index (χ0n) is 13.7. The molecule has 0 atom stereocenters. The highest BCUT2D eigenvalue weighted by Gasteiger charge is 2.15. The molecule has 0 amide bonds. The van der Waals surface area contributed by atoms with E-state index in [1.165, 1.54) is 0 Å². The Morgan fingerprint density at radius 2 is 1.88 bits per heavy atom. The van der Waals surface area contributed by atoms with Crippen LogP contribution in [-0.2, 0) is 0 Å². The van der Waals surface area contributed by atoms with Crippen LogP contribution in [0.15, 0.2) is 36.4 Å². The minimum absolute atomic E-state index is 0.236. The zero-order chi connectivity index (χ0) is 17.4. The van der Waals surface area contributed by atoms with Crippen LogP contribution >= 0.6 is 0 Å². The number of aromatic carboxylic acids is 1. The second-order valence-corrected chi connectivity index (χ2v) is 5.88. The van der Waals surface area contributed by atoms with Crippen LogP contribution in [0, 0.1) is 32.1 Å². The van der Waals surface area contributed by atoms with Crippen LogP contribution in [0.3, 0.4) is 0 Å².